The Morgan fingerprint density at radius 1 is 1.25 bits per heavy atom. The van der Waals surface area contributed by atoms with Crippen molar-refractivity contribution in [1.82, 2.24) is 4.90 Å². The zero-order valence-corrected chi connectivity index (χ0v) is 13.2. The molecule has 20 heavy (non-hydrogen) atoms. The van der Waals surface area contributed by atoms with Crippen molar-refractivity contribution in [3.8, 4) is 0 Å². The molecule has 1 aromatic carbocycles. The second-order valence-corrected chi connectivity index (χ2v) is 5.60. The van der Waals surface area contributed by atoms with Gasteiger partial charge in [0.15, 0.2) is 0 Å². The lowest BCUT2D eigenvalue weighted by molar-refractivity contribution is -0.133. The molecule has 112 valence electrons. The first kappa shape index (κ1) is 16.7. The standard InChI is InChI=1S/C17H28N2O/c1-5-7-16(18)17(20)19(4)15(6-2)12-14-10-8-13(3)9-11-14/h8-11,15-16H,5-7,12,18H2,1-4H3. The Morgan fingerprint density at radius 2 is 1.85 bits per heavy atom. The Labute approximate surface area is 123 Å². The molecule has 2 N–H and O–H groups in total. The predicted octanol–water partition coefficient (Wildman–Crippen LogP) is 2.90. The van der Waals surface area contributed by atoms with E-state index in [4.69, 9.17) is 5.73 Å². The van der Waals surface area contributed by atoms with E-state index in [1.807, 2.05) is 11.9 Å². The monoisotopic (exact) mass is 276 g/mol. The predicted molar refractivity (Wildman–Crippen MR) is 84.6 cm³/mol. The van der Waals surface area contributed by atoms with Gasteiger partial charge in [-0.3, -0.25) is 4.79 Å². The first-order valence-electron chi connectivity index (χ1n) is 7.57. The zero-order valence-electron chi connectivity index (χ0n) is 13.2. The number of hydrogen-bond donors (Lipinski definition) is 1. The van der Waals surface area contributed by atoms with Crippen LogP contribution < -0.4 is 5.73 Å². The molecule has 0 spiro atoms. The van der Waals surface area contributed by atoms with E-state index in [2.05, 4.69) is 45.0 Å². The van der Waals surface area contributed by atoms with Gasteiger partial charge in [0.25, 0.3) is 0 Å². The van der Waals surface area contributed by atoms with Crippen molar-refractivity contribution < 1.29 is 4.79 Å². The smallest absolute Gasteiger partial charge is 0.239 e. The highest BCUT2D eigenvalue weighted by Gasteiger charge is 2.23. The van der Waals surface area contributed by atoms with Crippen molar-refractivity contribution in [3.63, 3.8) is 0 Å². The molecule has 2 atom stereocenters. The third-order valence-electron chi connectivity index (χ3n) is 3.88. The average molecular weight is 276 g/mol. The van der Waals surface area contributed by atoms with Gasteiger partial charge in [0.05, 0.1) is 6.04 Å². The molecular formula is C17H28N2O. The summed E-state index contributed by atoms with van der Waals surface area (Å²) in [6.07, 6.45) is 3.52. The van der Waals surface area contributed by atoms with Crippen LogP contribution in [0.1, 0.15) is 44.2 Å². The van der Waals surface area contributed by atoms with Gasteiger partial charge < -0.3 is 10.6 Å². The normalized spacial score (nSPS) is 13.8. The first-order valence-corrected chi connectivity index (χ1v) is 7.57. The van der Waals surface area contributed by atoms with E-state index in [9.17, 15) is 4.79 Å². The maximum absolute atomic E-state index is 12.3. The minimum atomic E-state index is -0.364. The number of likely N-dealkylation sites (N-methyl/N-ethyl adjacent to an activating group) is 1. The molecule has 0 saturated heterocycles. The Balaban J connectivity index is 2.69. The van der Waals surface area contributed by atoms with Gasteiger partial charge >= 0.3 is 0 Å². The molecule has 0 aromatic heterocycles. The van der Waals surface area contributed by atoms with Gasteiger partial charge in [-0.15, -0.1) is 0 Å². The summed E-state index contributed by atoms with van der Waals surface area (Å²) in [4.78, 5) is 14.1. The number of nitrogens with zero attached hydrogens (tertiary/aromatic N) is 1. The number of benzene rings is 1. The minimum Gasteiger partial charge on any atom is -0.341 e. The second-order valence-electron chi connectivity index (χ2n) is 5.60. The maximum Gasteiger partial charge on any atom is 0.239 e. The fourth-order valence-electron chi connectivity index (χ4n) is 2.43. The number of nitrogens with two attached hydrogens (primary N) is 1. The second kappa shape index (κ2) is 8.05. The average Bonchev–Trinajstić information content (AvgIpc) is 2.45. The van der Waals surface area contributed by atoms with Crippen molar-refractivity contribution >= 4 is 5.91 Å². The summed E-state index contributed by atoms with van der Waals surface area (Å²) in [5, 5.41) is 0. The van der Waals surface area contributed by atoms with Crippen LogP contribution in [0.5, 0.6) is 0 Å². The van der Waals surface area contributed by atoms with Gasteiger partial charge in [-0.2, -0.15) is 0 Å². The topological polar surface area (TPSA) is 46.3 Å². The van der Waals surface area contributed by atoms with Crippen LogP contribution in [-0.2, 0) is 11.2 Å². The SMILES string of the molecule is CCCC(N)C(=O)N(C)C(CC)Cc1ccc(C)cc1. The molecule has 0 bridgehead atoms. The molecule has 0 aliphatic rings. The maximum atomic E-state index is 12.3. The van der Waals surface area contributed by atoms with E-state index in [0.29, 0.717) is 0 Å². The van der Waals surface area contributed by atoms with Gasteiger partial charge in [-0.25, -0.2) is 0 Å². The zero-order chi connectivity index (χ0) is 15.1. The fourth-order valence-corrected chi connectivity index (χ4v) is 2.43. The largest absolute Gasteiger partial charge is 0.341 e. The van der Waals surface area contributed by atoms with Crippen molar-refractivity contribution in [2.24, 2.45) is 5.73 Å². The molecular weight excluding hydrogens is 248 g/mol. The summed E-state index contributed by atoms with van der Waals surface area (Å²) in [5.41, 5.74) is 8.47. The van der Waals surface area contributed by atoms with Gasteiger partial charge in [-0.05, 0) is 31.7 Å². The molecule has 1 rings (SSSR count). The lowest BCUT2D eigenvalue weighted by atomic mass is 10.0. The van der Waals surface area contributed by atoms with Gasteiger partial charge in [0.1, 0.15) is 0 Å². The molecule has 2 unspecified atom stereocenters. The number of rotatable bonds is 7. The Morgan fingerprint density at radius 3 is 2.35 bits per heavy atom. The van der Waals surface area contributed by atoms with Crippen LogP contribution in [-0.4, -0.2) is 29.9 Å². The number of aryl methyl sites for hydroxylation is 1. The highest BCUT2D eigenvalue weighted by Crippen LogP contribution is 2.13. The number of hydrogen-bond acceptors (Lipinski definition) is 2. The molecule has 0 radical (unpaired) electrons. The molecule has 0 aliphatic carbocycles. The molecule has 3 nitrogen and oxygen atoms in total. The number of amides is 1. The third kappa shape index (κ3) is 4.64. The van der Waals surface area contributed by atoms with E-state index in [1.165, 1.54) is 11.1 Å². The van der Waals surface area contributed by atoms with Crippen LogP contribution in [0.3, 0.4) is 0 Å². The lowest BCUT2D eigenvalue weighted by Gasteiger charge is -2.29. The fraction of sp³-hybridized carbons (Fsp3) is 0.588. The van der Waals surface area contributed by atoms with Crippen LogP contribution in [0, 0.1) is 6.92 Å². The van der Waals surface area contributed by atoms with Crippen molar-refractivity contribution in [3.05, 3.63) is 35.4 Å². The van der Waals surface area contributed by atoms with Crippen molar-refractivity contribution in [2.75, 3.05) is 7.05 Å². The highest BCUT2D eigenvalue weighted by atomic mass is 16.2. The van der Waals surface area contributed by atoms with E-state index in [1.54, 1.807) is 0 Å². The van der Waals surface area contributed by atoms with Crippen LogP contribution in [0.15, 0.2) is 24.3 Å². The van der Waals surface area contributed by atoms with E-state index in [-0.39, 0.29) is 18.0 Å². The van der Waals surface area contributed by atoms with Crippen LogP contribution in [0.4, 0.5) is 0 Å². The molecule has 0 aliphatic heterocycles. The molecule has 1 aromatic rings. The molecule has 0 fully saturated rings. The van der Waals surface area contributed by atoms with Crippen molar-refractivity contribution in [2.45, 2.75) is 58.5 Å². The molecule has 3 heteroatoms. The van der Waals surface area contributed by atoms with E-state index >= 15 is 0 Å². The van der Waals surface area contributed by atoms with Crippen molar-refractivity contribution in [1.29, 1.82) is 0 Å². The molecule has 0 heterocycles. The number of carbonyl (C=O) groups excluding carboxylic acids is 1. The van der Waals surface area contributed by atoms with E-state index in [0.717, 1.165) is 25.7 Å². The van der Waals surface area contributed by atoms with Gasteiger partial charge in [0.2, 0.25) is 5.91 Å². The minimum absolute atomic E-state index is 0.0609. The third-order valence-corrected chi connectivity index (χ3v) is 3.88. The Kier molecular flexibility index (Phi) is 6.73. The Bertz CT molecular complexity index is 414. The highest BCUT2D eigenvalue weighted by molar-refractivity contribution is 5.81. The lowest BCUT2D eigenvalue weighted by Crippen LogP contribution is -2.47. The summed E-state index contributed by atoms with van der Waals surface area (Å²) < 4.78 is 0. The molecule has 0 saturated carbocycles. The van der Waals surface area contributed by atoms with Gasteiger partial charge in [-0.1, -0.05) is 50.1 Å². The van der Waals surface area contributed by atoms with E-state index < -0.39 is 0 Å². The summed E-state index contributed by atoms with van der Waals surface area (Å²) in [6, 6.07) is 8.37. The number of carbonyl (C=O) groups is 1. The van der Waals surface area contributed by atoms with Crippen LogP contribution in [0.25, 0.3) is 0 Å². The quantitative estimate of drug-likeness (QED) is 0.832. The summed E-state index contributed by atoms with van der Waals surface area (Å²) >= 11 is 0. The Hall–Kier alpha value is -1.35. The molecule has 1 amide bonds. The summed E-state index contributed by atoms with van der Waals surface area (Å²) in [6.45, 7) is 6.26. The van der Waals surface area contributed by atoms with Crippen LogP contribution in [0.2, 0.25) is 0 Å². The first-order chi connectivity index (χ1) is 9.49. The summed E-state index contributed by atoms with van der Waals surface area (Å²) in [5.74, 6) is 0.0609. The van der Waals surface area contributed by atoms with Crippen LogP contribution >= 0.6 is 0 Å². The van der Waals surface area contributed by atoms with Gasteiger partial charge in [0, 0.05) is 13.1 Å². The summed E-state index contributed by atoms with van der Waals surface area (Å²) in [7, 11) is 1.88.